The summed E-state index contributed by atoms with van der Waals surface area (Å²) in [5, 5.41) is 29.0. The molecular weight excluding hydrogens is 1370 g/mol. The Morgan fingerprint density at radius 1 is 0.663 bits per heavy atom. The van der Waals surface area contributed by atoms with E-state index < -0.39 is 128 Å². The highest BCUT2D eigenvalue weighted by molar-refractivity contribution is 7.48. The standard InChI is InChI=1S/C65H79N14O19P3/c1-41(2)79(42(3)4)99(88-29-11-25-66)96-49-32-56(76-28-24-55(69)74-63(76)81)94-53(49)37-91-100(83,89-30-12-26-67)98-51-33-57(77-35-43(5)62(80)75-64(77)82)95-54(51)38-92-101(84,90-31-13-27-68)97-50-34-58(78-40-73-59-60(70)71-39-72-61(59)78)93-52(50)36-87-65(44-14-9-8-10-15-44,45-16-20-47(85-6)21-17-45)46-18-22-48(86-7)23-19-46/h8-10,14-24,28,35,39-42,49-54,56-58H,11-13,29-34,36-38H2,1-7H3,(H2,69,74,81)(H2,70,71,72)(H,75,80,82)/t49-,50-,51-,52+,53+,54+,56+,57+,58+,99?,100?,101?/m0/s1. The van der Waals surface area contributed by atoms with Crippen molar-refractivity contribution in [3.05, 3.63) is 164 Å². The van der Waals surface area contributed by atoms with Gasteiger partial charge in [-0.2, -0.15) is 20.8 Å². The van der Waals surface area contributed by atoms with Gasteiger partial charge in [-0.15, -0.1) is 0 Å². The average molecular weight is 1450 g/mol. The number of methoxy groups -OCH3 is 2. The molecule has 7 heterocycles. The van der Waals surface area contributed by atoms with E-state index in [1.807, 2.05) is 99.1 Å². The molecule has 3 aromatic carbocycles. The third-order valence-electron chi connectivity index (χ3n) is 16.6. The van der Waals surface area contributed by atoms with Gasteiger partial charge in [-0.05, 0) is 81.6 Å². The van der Waals surface area contributed by atoms with E-state index in [-0.39, 0.29) is 86.5 Å². The maximum atomic E-state index is 15.8. The average Bonchev–Trinajstić information content (AvgIpc) is 1.28. The number of aromatic nitrogens is 8. The Hall–Kier alpha value is -8.19. The molecule has 3 aliphatic heterocycles. The van der Waals surface area contributed by atoms with E-state index in [4.69, 9.17) is 76.1 Å². The summed E-state index contributed by atoms with van der Waals surface area (Å²) < 4.78 is 126. The zero-order valence-electron chi connectivity index (χ0n) is 56.4. The molecule has 7 aromatic rings. The molecule has 3 aliphatic rings. The molecule has 5 N–H and O–H groups in total. The molecule has 12 atom stereocenters. The van der Waals surface area contributed by atoms with Gasteiger partial charge in [0.1, 0.15) is 84.0 Å². The molecule has 3 saturated heterocycles. The van der Waals surface area contributed by atoms with Gasteiger partial charge < -0.3 is 48.9 Å². The number of anilines is 2. The van der Waals surface area contributed by atoms with E-state index in [9.17, 15) is 30.2 Å². The van der Waals surface area contributed by atoms with E-state index in [2.05, 4.69) is 31.0 Å². The molecule has 538 valence electrons. The quantitative estimate of drug-likeness (QED) is 0.0190. The Kier molecular flexibility index (Phi) is 25.5. The van der Waals surface area contributed by atoms with Crippen LogP contribution in [0.1, 0.15) is 107 Å². The molecule has 0 amide bonds. The lowest BCUT2D eigenvalue weighted by Crippen LogP contribution is -2.38. The lowest BCUT2D eigenvalue weighted by molar-refractivity contribution is -0.0949. The Morgan fingerprint density at radius 3 is 1.72 bits per heavy atom. The maximum absolute atomic E-state index is 15.8. The van der Waals surface area contributed by atoms with Gasteiger partial charge in [0.2, 0.25) is 0 Å². The van der Waals surface area contributed by atoms with Crippen molar-refractivity contribution in [3.8, 4) is 29.7 Å². The molecule has 101 heavy (non-hydrogen) atoms. The van der Waals surface area contributed by atoms with Crippen molar-refractivity contribution in [3.63, 3.8) is 0 Å². The van der Waals surface area contributed by atoms with E-state index in [0.717, 1.165) is 4.57 Å². The third-order valence-corrected chi connectivity index (χ3v) is 21.8. The third kappa shape index (κ3) is 18.0. The fourth-order valence-electron chi connectivity index (χ4n) is 11.9. The number of fused-ring (bicyclic) bond motifs is 1. The molecule has 3 fully saturated rings. The number of phosphoric ester groups is 2. The van der Waals surface area contributed by atoms with Gasteiger partial charge in [-0.3, -0.25) is 50.6 Å². The van der Waals surface area contributed by atoms with Crippen LogP contribution in [0.3, 0.4) is 0 Å². The second-order valence-electron chi connectivity index (χ2n) is 24.0. The monoisotopic (exact) mass is 1450 g/mol. The zero-order valence-corrected chi connectivity index (χ0v) is 59.1. The van der Waals surface area contributed by atoms with Gasteiger partial charge in [0.05, 0.1) is 104 Å². The lowest BCUT2D eigenvalue weighted by atomic mass is 9.80. The van der Waals surface area contributed by atoms with Crippen molar-refractivity contribution in [1.29, 1.82) is 15.8 Å². The number of benzene rings is 3. The Labute approximate surface area is 582 Å². The summed E-state index contributed by atoms with van der Waals surface area (Å²) in [6.07, 6.45) is -6.58. The van der Waals surface area contributed by atoms with Gasteiger partial charge >= 0.3 is 27.0 Å². The maximum Gasteiger partial charge on any atom is 0.475 e. The van der Waals surface area contributed by atoms with Crippen LogP contribution in [-0.2, 0) is 69.9 Å². The lowest BCUT2D eigenvalue weighted by Gasteiger charge is -2.37. The number of nitrogens with one attached hydrogen (secondary N) is 1. The van der Waals surface area contributed by atoms with Crippen LogP contribution >= 0.6 is 24.2 Å². The summed E-state index contributed by atoms with van der Waals surface area (Å²) in [4.78, 5) is 58.9. The highest BCUT2D eigenvalue weighted by Gasteiger charge is 2.50. The minimum atomic E-state index is -5.03. The number of hydrogen-bond acceptors (Lipinski definition) is 29. The van der Waals surface area contributed by atoms with Crippen molar-refractivity contribution in [1.82, 2.24) is 43.3 Å². The smallest absolute Gasteiger partial charge is 0.475 e. The van der Waals surface area contributed by atoms with Crippen LogP contribution < -0.4 is 37.9 Å². The predicted molar refractivity (Wildman–Crippen MR) is 362 cm³/mol. The number of aromatic amines is 1. The first-order chi connectivity index (χ1) is 48.6. The van der Waals surface area contributed by atoms with Crippen LogP contribution in [0.5, 0.6) is 11.5 Å². The molecular formula is C65H79N14O19P3. The van der Waals surface area contributed by atoms with Gasteiger partial charge in [0.15, 0.2) is 11.5 Å². The van der Waals surface area contributed by atoms with Gasteiger partial charge in [0, 0.05) is 49.3 Å². The summed E-state index contributed by atoms with van der Waals surface area (Å²) in [7, 11) is -8.88. The number of nitrogens with two attached hydrogens (primary N) is 2. The summed E-state index contributed by atoms with van der Waals surface area (Å²) in [5.74, 6) is 1.21. The topological polar surface area (TPSA) is 423 Å². The van der Waals surface area contributed by atoms with Crippen molar-refractivity contribution < 1.29 is 73.7 Å². The van der Waals surface area contributed by atoms with E-state index in [1.165, 1.54) is 42.6 Å². The highest BCUT2D eigenvalue weighted by atomic mass is 31.2. The van der Waals surface area contributed by atoms with Crippen LogP contribution in [0, 0.1) is 40.9 Å². The first kappa shape index (κ1) is 75.5. The van der Waals surface area contributed by atoms with Crippen LogP contribution in [0.4, 0.5) is 11.6 Å². The van der Waals surface area contributed by atoms with Crippen molar-refractivity contribution in [2.75, 3.05) is 65.3 Å². The van der Waals surface area contributed by atoms with Crippen LogP contribution in [0.15, 0.2) is 124 Å². The van der Waals surface area contributed by atoms with E-state index >= 15 is 9.13 Å². The van der Waals surface area contributed by atoms with E-state index in [1.54, 1.807) is 43.1 Å². The van der Waals surface area contributed by atoms with Crippen molar-refractivity contribution >= 4 is 47.0 Å². The number of ether oxygens (including phenoxy) is 6. The summed E-state index contributed by atoms with van der Waals surface area (Å²) in [6.45, 7) is 6.54. The number of rotatable bonds is 35. The summed E-state index contributed by atoms with van der Waals surface area (Å²) in [5.41, 5.74) is 11.1. The number of nitrogens with zero attached hydrogens (tertiary/aromatic N) is 11. The van der Waals surface area contributed by atoms with Gasteiger partial charge in [-0.25, -0.2) is 38.3 Å². The number of nitriles is 3. The normalized spacial score (nSPS) is 22.2. The number of phosphoric acid groups is 2. The fraction of sp³-hybridized carbons (Fsp3) is 0.477. The van der Waals surface area contributed by atoms with Crippen LogP contribution in [0.25, 0.3) is 11.2 Å². The highest BCUT2D eigenvalue weighted by Crippen LogP contribution is 2.58. The van der Waals surface area contributed by atoms with Crippen LogP contribution in [0.2, 0.25) is 0 Å². The summed E-state index contributed by atoms with van der Waals surface area (Å²) in [6, 6.07) is 31.3. The van der Waals surface area contributed by atoms with Gasteiger partial charge in [-0.1, -0.05) is 54.6 Å². The minimum absolute atomic E-state index is 0.0102. The fourth-order valence-corrected chi connectivity index (χ4v) is 16.4. The number of H-pyrrole nitrogens is 1. The second-order valence-corrected chi connectivity index (χ2v) is 28.6. The molecule has 4 aromatic heterocycles. The largest absolute Gasteiger partial charge is 0.497 e. The van der Waals surface area contributed by atoms with Crippen LogP contribution in [-0.4, -0.2) is 146 Å². The molecule has 10 rings (SSSR count). The molecule has 33 nitrogen and oxygen atoms in total. The molecule has 0 saturated carbocycles. The van der Waals surface area contributed by atoms with Crippen molar-refractivity contribution in [2.24, 2.45) is 0 Å². The first-order valence-electron chi connectivity index (χ1n) is 32.3. The molecule has 0 spiro atoms. The van der Waals surface area contributed by atoms with E-state index in [0.29, 0.717) is 33.8 Å². The number of imidazole rings is 1. The molecule has 0 aliphatic carbocycles. The molecule has 36 heteroatoms. The molecule has 3 unspecified atom stereocenters. The number of nitrogen functional groups attached to an aromatic ring is 2. The second kappa shape index (κ2) is 34.2. The van der Waals surface area contributed by atoms with Crippen molar-refractivity contribution in [2.45, 2.75) is 146 Å². The SMILES string of the molecule is COc1ccc(C(OC[C@H]2O[C@@H](n3cnc4c(N)ncnc43)C[C@@H]2OP(=O)(OCCC#N)OC[C@H]2O[C@@H](n3cc(C)c(=O)[nH]c3=O)C[C@@H]2OP(=O)(OCCC#N)OC[C@H]2O[C@@H](n3ccc(N)nc3=O)C[C@@H]2OP(OCCC#N)N(C(C)C)C(C)C)(c2ccccc2)c2ccc(OC)cc2)cc1. The Morgan fingerprint density at radius 2 is 1.18 bits per heavy atom. The molecule has 0 bridgehead atoms. The Bertz CT molecular complexity index is 4300. The predicted octanol–water partition coefficient (Wildman–Crippen LogP) is 8.54. The van der Waals surface area contributed by atoms with Gasteiger partial charge in [0.25, 0.3) is 14.1 Å². The zero-order chi connectivity index (χ0) is 72.0. The summed E-state index contributed by atoms with van der Waals surface area (Å²) >= 11 is 0. The number of aryl methyl sites for hydroxylation is 1. The Balaban J connectivity index is 0.985. The first-order valence-corrected chi connectivity index (χ1v) is 36.4. The number of hydrogen-bond donors (Lipinski definition) is 3. The molecule has 0 radical (unpaired) electrons. The minimum Gasteiger partial charge on any atom is -0.497 e.